The van der Waals surface area contributed by atoms with Crippen LogP contribution in [-0.2, 0) is 16.0 Å². The van der Waals surface area contributed by atoms with Gasteiger partial charge in [0.15, 0.2) is 0 Å². The van der Waals surface area contributed by atoms with Gasteiger partial charge in [0.1, 0.15) is 6.04 Å². The highest BCUT2D eigenvalue weighted by Crippen LogP contribution is 2.50. The predicted octanol–water partition coefficient (Wildman–Crippen LogP) is 7.90. The maximum absolute atomic E-state index is 12.8. The molecule has 0 radical (unpaired) electrons. The molecule has 5 rings (SSSR count). The highest BCUT2D eigenvalue weighted by Gasteiger charge is 2.31. The van der Waals surface area contributed by atoms with E-state index in [4.69, 9.17) is 27.9 Å². The van der Waals surface area contributed by atoms with E-state index in [0.717, 1.165) is 33.7 Å². The fraction of sp³-hybridized carbons (Fsp3) is 0.188. The Morgan fingerprint density at radius 2 is 1.62 bits per heavy atom. The van der Waals surface area contributed by atoms with Gasteiger partial charge in [-0.05, 0) is 60.0 Å². The third-order valence-corrected chi connectivity index (χ3v) is 8.81. The first-order chi connectivity index (χ1) is 19.4. The topological polar surface area (TPSA) is 67.4 Å². The van der Waals surface area contributed by atoms with Gasteiger partial charge in [0, 0.05) is 43.4 Å². The van der Waals surface area contributed by atoms with Crippen molar-refractivity contribution in [1.29, 1.82) is 0 Å². The van der Waals surface area contributed by atoms with Gasteiger partial charge in [0.25, 0.3) is 5.91 Å². The molecule has 5 nitrogen and oxygen atoms in total. The van der Waals surface area contributed by atoms with Gasteiger partial charge in [-0.25, -0.2) is 4.79 Å². The molecule has 4 aromatic carbocycles. The van der Waals surface area contributed by atoms with E-state index in [0.29, 0.717) is 22.0 Å². The van der Waals surface area contributed by atoms with Gasteiger partial charge in [-0.15, -0.1) is 11.8 Å². The lowest BCUT2D eigenvalue weighted by Crippen LogP contribution is -2.43. The molecule has 0 bridgehead atoms. The number of thioether (sulfide) groups is 1. The maximum Gasteiger partial charge on any atom is 0.328 e. The number of methoxy groups -OCH3 is 1. The molecule has 204 valence electrons. The van der Waals surface area contributed by atoms with Crippen LogP contribution in [0, 0.1) is 0 Å². The summed E-state index contributed by atoms with van der Waals surface area (Å²) >= 11 is 15.0. The molecule has 0 aromatic heterocycles. The summed E-state index contributed by atoms with van der Waals surface area (Å²) in [5, 5.41) is 7.82. The second-order valence-electron chi connectivity index (χ2n) is 9.53. The number of carbonyl (C=O) groups is 2. The lowest BCUT2D eigenvalue weighted by atomic mass is 9.91. The van der Waals surface area contributed by atoms with Crippen LogP contribution in [0.3, 0.4) is 0 Å². The molecule has 1 aliphatic heterocycles. The van der Waals surface area contributed by atoms with Crippen LogP contribution in [0.1, 0.15) is 44.8 Å². The molecule has 0 aliphatic carbocycles. The van der Waals surface area contributed by atoms with Crippen molar-refractivity contribution in [3.8, 4) is 0 Å². The standard InChI is InChI=1S/C32H28Cl2N2O3S/c1-39-32(38)28(36-31(37)21-9-4-2-5-10-21)18-20-15-16-26-23(17-20)29(40-22-11-6-3-7-12-22)19-27(35-26)30-24(33)13-8-14-25(30)34/h2-17,27-29,35H,18-19H2,1H3,(H,36,37). The Bertz CT molecular complexity index is 1480. The smallest absolute Gasteiger partial charge is 0.328 e. The number of nitrogens with one attached hydrogen (secondary N) is 2. The highest BCUT2D eigenvalue weighted by atomic mass is 35.5. The van der Waals surface area contributed by atoms with E-state index in [9.17, 15) is 9.59 Å². The van der Waals surface area contributed by atoms with Gasteiger partial charge in [-0.2, -0.15) is 0 Å². The quantitative estimate of drug-likeness (QED) is 0.204. The number of fused-ring (bicyclic) bond motifs is 1. The molecule has 1 heterocycles. The molecular weight excluding hydrogens is 563 g/mol. The zero-order valence-electron chi connectivity index (χ0n) is 21.8. The Hall–Kier alpha value is -3.45. The predicted molar refractivity (Wildman–Crippen MR) is 162 cm³/mol. The number of halogens is 2. The number of rotatable bonds is 8. The van der Waals surface area contributed by atoms with Gasteiger partial charge in [0.2, 0.25) is 0 Å². The van der Waals surface area contributed by atoms with Crippen LogP contribution in [0.5, 0.6) is 0 Å². The number of hydrogen-bond acceptors (Lipinski definition) is 5. The van der Waals surface area contributed by atoms with Crippen LogP contribution in [0.15, 0.2) is 102 Å². The summed E-state index contributed by atoms with van der Waals surface area (Å²) in [6, 6.07) is 29.8. The molecule has 0 saturated heterocycles. The van der Waals surface area contributed by atoms with Crippen molar-refractivity contribution < 1.29 is 14.3 Å². The van der Waals surface area contributed by atoms with Crippen molar-refractivity contribution >= 4 is 52.5 Å². The number of anilines is 1. The minimum absolute atomic E-state index is 0.0752. The molecular formula is C32H28Cl2N2O3S. The molecule has 0 fully saturated rings. The van der Waals surface area contributed by atoms with Crippen molar-refractivity contribution in [2.75, 3.05) is 12.4 Å². The molecule has 0 saturated carbocycles. The van der Waals surface area contributed by atoms with Gasteiger partial charge in [-0.3, -0.25) is 4.79 Å². The van der Waals surface area contributed by atoms with Gasteiger partial charge < -0.3 is 15.4 Å². The minimum Gasteiger partial charge on any atom is -0.467 e. The van der Waals surface area contributed by atoms with E-state index in [2.05, 4.69) is 28.8 Å². The Morgan fingerprint density at radius 3 is 2.30 bits per heavy atom. The minimum atomic E-state index is -0.831. The summed E-state index contributed by atoms with van der Waals surface area (Å²) < 4.78 is 5.02. The summed E-state index contributed by atoms with van der Waals surface area (Å²) in [4.78, 5) is 26.6. The SMILES string of the molecule is COC(=O)C(Cc1ccc2c(c1)C(Sc1ccccc1)CC(c1c(Cl)cccc1Cl)N2)NC(=O)c1ccccc1. The molecule has 40 heavy (non-hydrogen) atoms. The Morgan fingerprint density at radius 1 is 0.950 bits per heavy atom. The number of benzene rings is 4. The second-order valence-corrected chi connectivity index (χ2v) is 11.6. The molecule has 1 aliphatic rings. The van der Waals surface area contributed by atoms with Crippen LogP contribution < -0.4 is 10.6 Å². The number of esters is 1. The van der Waals surface area contributed by atoms with Crippen molar-refractivity contribution in [2.24, 2.45) is 0 Å². The summed E-state index contributed by atoms with van der Waals surface area (Å²) in [6.45, 7) is 0. The number of amides is 1. The van der Waals surface area contributed by atoms with Crippen LogP contribution >= 0.6 is 35.0 Å². The molecule has 3 atom stereocenters. The van der Waals surface area contributed by atoms with E-state index in [-0.39, 0.29) is 17.2 Å². The fourth-order valence-corrected chi connectivity index (χ4v) is 6.85. The fourth-order valence-electron chi connectivity index (χ4n) is 4.94. The molecule has 8 heteroatoms. The van der Waals surface area contributed by atoms with E-state index >= 15 is 0 Å². The molecule has 4 aromatic rings. The van der Waals surface area contributed by atoms with E-state index in [1.807, 2.05) is 54.6 Å². The van der Waals surface area contributed by atoms with Crippen LogP contribution in [0.2, 0.25) is 10.0 Å². The summed E-state index contributed by atoms with van der Waals surface area (Å²) in [6.07, 6.45) is 1.05. The van der Waals surface area contributed by atoms with E-state index in [1.165, 1.54) is 7.11 Å². The van der Waals surface area contributed by atoms with Crippen molar-refractivity contribution in [3.63, 3.8) is 0 Å². The molecule has 2 N–H and O–H groups in total. The van der Waals surface area contributed by atoms with Crippen molar-refractivity contribution in [3.05, 3.63) is 129 Å². The Kier molecular flexibility index (Phi) is 9.00. The average Bonchev–Trinajstić information content (AvgIpc) is 2.97. The van der Waals surface area contributed by atoms with Crippen LogP contribution in [-0.4, -0.2) is 25.0 Å². The van der Waals surface area contributed by atoms with Crippen LogP contribution in [0.25, 0.3) is 0 Å². The monoisotopic (exact) mass is 590 g/mol. The normalized spacial score (nSPS) is 16.8. The van der Waals surface area contributed by atoms with Gasteiger partial charge in [-0.1, -0.05) is 77.8 Å². The molecule has 1 amide bonds. The lowest BCUT2D eigenvalue weighted by molar-refractivity contribution is -0.142. The number of carbonyl (C=O) groups excluding carboxylic acids is 2. The first-order valence-corrected chi connectivity index (χ1v) is 14.5. The third kappa shape index (κ3) is 6.47. The second kappa shape index (κ2) is 12.8. The largest absolute Gasteiger partial charge is 0.467 e. The zero-order valence-corrected chi connectivity index (χ0v) is 24.1. The van der Waals surface area contributed by atoms with E-state index in [1.54, 1.807) is 36.0 Å². The zero-order chi connectivity index (χ0) is 28.1. The maximum atomic E-state index is 12.8. The van der Waals surface area contributed by atoms with Gasteiger partial charge >= 0.3 is 5.97 Å². The molecule has 3 unspecified atom stereocenters. The summed E-state index contributed by atoms with van der Waals surface area (Å²) in [5.74, 6) is -0.823. The van der Waals surface area contributed by atoms with Crippen molar-refractivity contribution in [1.82, 2.24) is 5.32 Å². The number of hydrogen-bond donors (Lipinski definition) is 2. The van der Waals surface area contributed by atoms with Gasteiger partial charge in [0.05, 0.1) is 13.2 Å². The Labute approximate surface area is 248 Å². The highest BCUT2D eigenvalue weighted by molar-refractivity contribution is 7.99. The number of ether oxygens (including phenoxy) is 1. The Balaban J connectivity index is 1.45. The first-order valence-electron chi connectivity index (χ1n) is 12.9. The van der Waals surface area contributed by atoms with Crippen molar-refractivity contribution in [2.45, 2.75) is 35.1 Å². The third-order valence-electron chi connectivity index (χ3n) is 6.88. The average molecular weight is 592 g/mol. The molecule has 0 spiro atoms. The summed E-state index contributed by atoms with van der Waals surface area (Å²) in [5.41, 5.74) is 4.37. The first kappa shape index (κ1) is 28.1. The van der Waals surface area contributed by atoms with Crippen LogP contribution in [0.4, 0.5) is 5.69 Å². The van der Waals surface area contributed by atoms with E-state index < -0.39 is 12.0 Å². The summed E-state index contributed by atoms with van der Waals surface area (Å²) in [7, 11) is 1.33. The lowest BCUT2D eigenvalue weighted by Gasteiger charge is -2.34.